The highest BCUT2D eigenvalue weighted by atomic mass is 15.3. The molecule has 112 valence electrons. The molecule has 0 amide bonds. The molecule has 2 atom stereocenters. The third kappa shape index (κ3) is 2.78. The van der Waals surface area contributed by atoms with Crippen LogP contribution in [-0.2, 0) is 0 Å². The summed E-state index contributed by atoms with van der Waals surface area (Å²) in [4.78, 5) is 11.3. The van der Waals surface area contributed by atoms with Crippen LogP contribution in [0.15, 0.2) is 24.3 Å². The first-order valence-electron chi connectivity index (χ1n) is 7.65. The molecule has 0 saturated heterocycles. The molecule has 5 heteroatoms. The summed E-state index contributed by atoms with van der Waals surface area (Å²) < 4.78 is 0. The average Bonchev–Trinajstić information content (AvgIpc) is 2.53. The van der Waals surface area contributed by atoms with Gasteiger partial charge in [-0.15, -0.1) is 0 Å². The molecule has 1 saturated carbocycles. The molecular formula is C16H23N5. The third-order valence-electron chi connectivity index (χ3n) is 4.50. The van der Waals surface area contributed by atoms with E-state index in [1.165, 1.54) is 25.7 Å². The minimum atomic E-state index is 0.472. The maximum Gasteiger partial charge on any atom is 0.239 e. The van der Waals surface area contributed by atoms with E-state index in [9.17, 15) is 0 Å². The number of hydrogen-bond acceptors (Lipinski definition) is 5. The summed E-state index contributed by atoms with van der Waals surface area (Å²) in [5.41, 5.74) is 3.50. The van der Waals surface area contributed by atoms with Crippen molar-refractivity contribution in [3.05, 3.63) is 24.3 Å². The molecule has 0 radical (unpaired) electrons. The zero-order valence-electron chi connectivity index (χ0n) is 12.7. The van der Waals surface area contributed by atoms with Crippen molar-refractivity contribution in [2.75, 3.05) is 17.4 Å². The van der Waals surface area contributed by atoms with Crippen LogP contribution in [0.25, 0.3) is 10.9 Å². The van der Waals surface area contributed by atoms with Crippen LogP contribution in [-0.4, -0.2) is 23.1 Å². The lowest BCUT2D eigenvalue weighted by Crippen LogP contribution is -2.36. The molecule has 1 heterocycles. The Morgan fingerprint density at radius 3 is 2.81 bits per heavy atom. The van der Waals surface area contributed by atoms with Gasteiger partial charge >= 0.3 is 0 Å². The second kappa shape index (κ2) is 5.85. The van der Waals surface area contributed by atoms with Crippen molar-refractivity contribution in [2.24, 2.45) is 11.8 Å². The van der Waals surface area contributed by atoms with Gasteiger partial charge in [-0.1, -0.05) is 31.9 Å². The summed E-state index contributed by atoms with van der Waals surface area (Å²) in [5, 5.41) is 1.08. The number of anilines is 2. The second-order valence-electron chi connectivity index (χ2n) is 6.07. The molecule has 3 rings (SSSR count). The van der Waals surface area contributed by atoms with Crippen LogP contribution in [0.4, 0.5) is 11.8 Å². The van der Waals surface area contributed by atoms with Crippen molar-refractivity contribution in [3.8, 4) is 0 Å². The molecule has 1 aromatic heterocycles. The predicted octanol–water partition coefficient (Wildman–Crippen LogP) is 2.93. The molecule has 2 unspecified atom stereocenters. The van der Waals surface area contributed by atoms with E-state index in [1.54, 1.807) is 0 Å². The lowest BCUT2D eigenvalue weighted by atomic mass is 9.86. The quantitative estimate of drug-likeness (QED) is 0.670. The molecular weight excluding hydrogens is 262 g/mol. The zero-order valence-corrected chi connectivity index (χ0v) is 12.7. The Morgan fingerprint density at radius 2 is 2.05 bits per heavy atom. The van der Waals surface area contributed by atoms with Gasteiger partial charge in [-0.25, -0.2) is 10.8 Å². The van der Waals surface area contributed by atoms with Crippen LogP contribution >= 0.6 is 0 Å². The van der Waals surface area contributed by atoms with Gasteiger partial charge in [0, 0.05) is 18.5 Å². The van der Waals surface area contributed by atoms with Gasteiger partial charge in [-0.05, 0) is 30.9 Å². The van der Waals surface area contributed by atoms with Crippen molar-refractivity contribution in [2.45, 2.75) is 38.6 Å². The summed E-state index contributed by atoms with van der Waals surface area (Å²) >= 11 is 0. The number of benzene rings is 1. The van der Waals surface area contributed by atoms with Gasteiger partial charge in [0.15, 0.2) is 0 Å². The van der Waals surface area contributed by atoms with Gasteiger partial charge < -0.3 is 4.90 Å². The highest BCUT2D eigenvalue weighted by Gasteiger charge is 2.24. The number of para-hydroxylation sites is 1. The molecule has 5 nitrogen and oxygen atoms in total. The third-order valence-corrected chi connectivity index (χ3v) is 4.50. The normalized spacial score (nSPS) is 22.2. The Hall–Kier alpha value is -1.88. The van der Waals surface area contributed by atoms with Gasteiger partial charge in [-0.3, -0.25) is 5.43 Å². The first-order chi connectivity index (χ1) is 10.2. The molecule has 0 aliphatic heterocycles. The van der Waals surface area contributed by atoms with E-state index >= 15 is 0 Å². The number of nitrogens with two attached hydrogens (primary N) is 1. The fourth-order valence-electron chi connectivity index (χ4n) is 3.32. The SMILES string of the molecule is CC1CCCC(N(C)c2nc(NN)nc3ccccc23)C1. The number of nitrogens with one attached hydrogen (secondary N) is 1. The summed E-state index contributed by atoms with van der Waals surface area (Å²) in [7, 11) is 2.14. The second-order valence-corrected chi connectivity index (χ2v) is 6.07. The van der Waals surface area contributed by atoms with Crippen LogP contribution in [0.5, 0.6) is 0 Å². The Labute approximate surface area is 125 Å². The Bertz CT molecular complexity index is 627. The molecule has 21 heavy (non-hydrogen) atoms. The summed E-state index contributed by atoms with van der Waals surface area (Å²) in [6.45, 7) is 2.34. The fraction of sp³-hybridized carbons (Fsp3) is 0.500. The summed E-state index contributed by atoms with van der Waals surface area (Å²) in [5.74, 6) is 7.74. The zero-order chi connectivity index (χ0) is 14.8. The standard InChI is InChI=1S/C16H23N5/c1-11-6-5-7-12(10-11)21(2)15-13-8-3-4-9-14(13)18-16(19-15)20-17/h3-4,8-9,11-12H,5-7,10,17H2,1-2H3,(H,18,19,20). The maximum absolute atomic E-state index is 5.52. The van der Waals surface area contributed by atoms with Crippen LogP contribution < -0.4 is 16.2 Å². The number of hydrazine groups is 1. The fourth-order valence-corrected chi connectivity index (χ4v) is 3.32. The van der Waals surface area contributed by atoms with Crippen molar-refractivity contribution >= 4 is 22.7 Å². The van der Waals surface area contributed by atoms with Gasteiger partial charge in [0.25, 0.3) is 0 Å². The minimum Gasteiger partial charge on any atom is -0.356 e. The number of nitrogens with zero attached hydrogens (tertiary/aromatic N) is 3. The van der Waals surface area contributed by atoms with Crippen LogP contribution in [0, 0.1) is 5.92 Å². The van der Waals surface area contributed by atoms with E-state index < -0.39 is 0 Å². The Balaban J connectivity index is 2.01. The molecule has 1 aliphatic carbocycles. The number of fused-ring (bicyclic) bond motifs is 1. The van der Waals surface area contributed by atoms with Gasteiger partial charge in [0.2, 0.25) is 5.95 Å². The predicted molar refractivity (Wildman–Crippen MR) is 87.2 cm³/mol. The van der Waals surface area contributed by atoms with E-state index in [-0.39, 0.29) is 0 Å². The topological polar surface area (TPSA) is 67.1 Å². The minimum absolute atomic E-state index is 0.472. The summed E-state index contributed by atoms with van der Waals surface area (Å²) in [6.07, 6.45) is 5.08. The van der Waals surface area contributed by atoms with E-state index in [1.807, 2.05) is 18.2 Å². The Kier molecular flexibility index (Phi) is 3.92. The molecule has 0 bridgehead atoms. The first-order valence-corrected chi connectivity index (χ1v) is 7.65. The highest BCUT2D eigenvalue weighted by molar-refractivity contribution is 5.90. The molecule has 3 N–H and O–H groups in total. The molecule has 0 spiro atoms. The lowest BCUT2D eigenvalue weighted by molar-refractivity contribution is 0.336. The average molecular weight is 285 g/mol. The van der Waals surface area contributed by atoms with Crippen molar-refractivity contribution in [3.63, 3.8) is 0 Å². The van der Waals surface area contributed by atoms with E-state index in [4.69, 9.17) is 5.84 Å². The van der Waals surface area contributed by atoms with Gasteiger partial charge in [-0.2, -0.15) is 4.98 Å². The number of nitrogen functional groups attached to an aromatic ring is 1. The molecule has 1 aliphatic rings. The van der Waals surface area contributed by atoms with Crippen molar-refractivity contribution in [1.82, 2.24) is 9.97 Å². The van der Waals surface area contributed by atoms with E-state index in [2.05, 4.69) is 40.3 Å². The number of aromatic nitrogens is 2. The summed E-state index contributed by atoms with van der Waals surface area (Å²) in [6, 6.07) is 8.63. The maximum atomic E-state index is 5.52. The van der Waals surface area contributed by atoms with Crippen LogP contribution in [0.2, 0.25) is 0 Å². The number of rotatable bonds is 3. The largest absolute Gasteiger partial charge is 0.356 e. The smallest absolute Gasteiger partial charge is 0.239 e. The lowest BCUT2D eigenvalue weighted by Gasteiger charge is -2.35. The van der Waals surface area contributed by atoms with Gasteiger partial charge in [0.05, 0.1) is 5.52 Å². The molecule has 1 aromatic carbocycles. The van der Waals surface area contributed by atoms with Crippen molar-refractivity contribution in [1.29, 1.82) is 0 Å². The van der Waals surface area contributed by atoms with E-state index in [0.717, 1.165) is 22.6 Å². The molecule has 1 fully saturated rings. The van der Waals surface area contributed by atoms with Crippen LogP contribution in [0.3, 0.4) is 0 Å². The molecule has 2 aromatic rings. The first kappa shape index (κ1) is 14.1. The highest BCUT2D eigenvalue weighted by Crippen LogP contribution is 2.32. The van der Waals surface area contributed by atoms with E-state index in [0.29, 0.717) is 12.0 Å². The number of hydrogen-bond donors (Lipinski definition) is 2. The van der Waals surface area contributed by atoms with Crippen LogP contribution in [0.1, 0.15) is 32.6 Å². The van der Waals surface area contributed by atoms with Gasteiger partial charge in [0.1, 0.15) is 5.82 Å². The van der Waals surface area contributed by atoms with Crippen molar-refractivity contribution < 1.29 is 0 Å². The Morgan fingerprint density at radius 1 is 1.24 bits per heavy atom. The monoisotopic (exact) mass is 285 g/mol.